The summed E-state index contributed by atoms with van der Waals surface area (Å²) in [5.41, 5.74) is -0.288. The first-order chi connectivity index (χ1) is 16.4. The zero-order valence-electron chi connectivity index (χ0n) is 21.2. The molecule has 2 unspecified atom stereocenters. The third-order valence-corrected chi connectivity index (χ3v) is 5.91. The van der Waals surface area contributed by atoms with Crippen molar-refractivity contribution in [3.63, 3.8) is 0 Å². The van der Waals surface area contributed by atoms with Crippen molar-refractivity contribution in [2.24, 2.45) is 10.8 Å². The predicted molar refractivity (Wildman–Crippen MR) is 120 cm³/mol. The number of hydrogen-bond acceptors (Lipinski definition) is 6. The van der Waals surface area contributed by atoms with Crippen LogP contribution in [-0.4, -0.2) is 56.0 Å². The quantitative estimate of drug-likeness (QED) is 0.114. The first kappa shape index (κ1) is 31.6. The third-order valence-electron chi connectivity index (χ3n) is 5.91. The van der Waals surface area contributed by atoms with Gasteiger partial charge in [0.1, 0.15) is 13.2 Å². The predicted octanol–water partition coefficient (Wildman–Crippen LogP) is 5.72. The van der Waals surface area contributed by atoms with Crippen LogP contribution < -0.4 is 5.32 Å². The van der Waals surface area contributed by atoms with Crippen LogP contribution in [0, 0.1) is 10.8 Å². The minimum atomic E-state index is -5.64. The van der Waals surface area contributed by atoms with Crippen molar-refractivity contribution in [2.75, 3.05) is 19.8 Å². The Morgan fingerprint density at radius 1 is 0.972 bits per heavy atom. The summed E-state index contributed by atoms with van der Waals surface area (Å²) in [5, 5.41) is 2.66. The van der Waals surface area contributed by atoms with Gasteiger partial charge >= 0.3 is 30.1 Å². The van der Waals surface area contributed by atoms with Gasteiger partial charge in [0.15, 0.2) is 0 Å². The number of alkyl carbamates (subject to hydrolysis) is 1. The van der Waals surface area contributed by atoms with E-state index in [1.54, 1.807) is 0 Å². The molecule has 1 aliphatic rings. The summed E-state index contributed by atoms with van der Waals surface area (Å²) >= 11 is 0. The summed E-state index contributed by atoms with van der Waals surface area (Å²) < 4.78 is 77.2. The summed E-state index contributed by atoms with van der Waals surface area (Å²) in [7, 11) is 0. The summed E-state index contributed by atoms with van der Waals surface area (Å²) in [5.74, 6) is -5.86. The van der Waals surface area contributed by atoms with Crippen LogP contribution in [0.5, 0.6) is 0 Å². The first-order valence-electron chi connectivity index (χ1n) is 11.7. The van der Waals surface area contributed by atoms with Gasteiger partial charge in [-0.05, 0) is 49.9 Å². The van der Waals surface area contributed by atoms with E-state index in [1.165, 1.54) is 6.92 Å². The monoisotopic (exact) mass is 529 g/mol. The molecule has 1 amide bonds. The number of alkyl halides is 5. The lowest BCUT2D eigenvalue weighted by molar-refractivity contribution is -0.284. The number of amides is 1. The van der Waals surface area contributed by atoms with Crippen molar-refractivity contribution >= 4 is 18.0 Å². The number of hydrogen-bond donors (Lipinski definition) is 1. The fourth-order valence-corrected chi connectivity index (χ4v) is 4.62. The molecule has 0 aromatic rings. The van der Waals surface area contributed by atoms with Crippen LogP contribution in [0.2, 0.25) is 0 Å². The fourth-order valence-electron chi connectivity index (χ4n) is 4.62. The summed E-state index contributed by atoms with van der Waals surface area (Å²) in [6.07, 6.45) is -6.16. The van der Waals surface area contributed by atoms with Gasteiger partial charge in [0.2, 0.25) is 0 Å². The van der Waals surface area contributed by atoms with E-state index in [1.807, 2.05) is 20.8 Å². The van der Waals surface area contributed by atoms with Gasteiger partial charge < -0.3 is 19.5 Å². The average Bonchev–Trinajstić information content (AvgIpc) is 2.70. The smallest absolute Gasteiger partial charge is 0.453 e. The van der Waals surface area contributed by atoms with E-state index in [0.29, 0.717) is 19.3 Å². The summed E-state index contributed by atoms with van der Waals surface area (Å²) in [6.45, 7) is 10.2. The molecule has 208 valence electrons. The van der Waals surface area contributed by atoms with Crippen molar-refractivity contribution in [1.29, 1.82) is 0 Å². The second kappa shape index (κ2) is 12.7. The van der Waals surface area contributed by atoms with Crippen molar-refractivity contribution in [2.45, 2.75) is 90.8 Å². The lowest BCUT2D eigenvalue weighted by Gasteiger charge is -2.46. The second-order valence-electron chi connectivity index (χ2n) is 10.5. The van der Waals surface area contributed by atoms with Gasteiger partial charge in [-0.25, -0.2) is 9.59 Å². The van der Waals surface area contributed by atoms with Crippen LogP contribution in [0.1, 0.15) is 72.6 Å². The molecule has 0 radical (unpaired) electrons. The zero-order chi connectivity index (χ0) is 27.8. The Morgan fingerprint density at radius 3 is 2.17 bits per heavy atom. The average molecular weight is 530 g/mol. The highest BCUT2D eigenvalue weighted by Gasteiger charge is 2.56. The van der Waals surface area contributed by atoms with Crippen LogP contribution in [0.15, 0.2) is 12.2 Å². The van der Waals surface area contributed by atoms with Gasteiger partial charge in [0, 0.05) is 24.5 Å². The molecule has 0 spiro atoms. The van der Waals surface area contributed by atoms with E-state index in [2.05, 4.69) is 11.9 Å². The minimum absolute atomic E-state index is 0.0784. The molecule has 0 aromatic carbocycles. The molecular formula is C24H36F5NO6. The molecule has 1 saturated carbocycles. The molecule has 0 heterocycles. The van der Waals surface area contributed by atoms with Crippen LogP contribution in [0.4, 0.5) is 26.7 Å². The van der Waals surface area contributed by atoms with E-state index in [-0.39, 0.29) is 42.1 Å². The highest BCUT2D eigenvalue weighted by atomic mass is 19.4. The van der Waals surface area contributed by atoms with Crippen molar-refractivity contribution in [1.82, 2.24) is 5.32 Å². The van der Waals surface area contributed by atoms with Crippen molar-refractivity contribution in [3.8, 4) is 0 Å². The highest BCUT2D eigenvalue weighted by molar-refractivity contribution is 5.86. The molecule has 0 aromatic heterocycles. The number of halogens is 5. The third kappa shape index (κ3) is 11.1. The Bertz CT molecular complexity index is 798. The molecule has 0 aliphatic heterocycles. The van der Waals surface area contributed by atoms with Gasteiger partial charge in [0.25, 0.3) is 0 Å². The number of carbonyl (C=O) groups is 3. The SMILES string of the molecule is C=C(C)C(=O)OCCOC(=O)CCC1(C)CC(NC(=O)OCCCC(F)(F)C(F)(F)F)CC(C)(C)C1. The summed E-state index contributed by atoms with van der Waals surface area (Å²) in [6, 6.07) is -0.333. The number of rotatable bonds is 12. The molecule has 1 rings (SSSR count). The maximum Gasteiger partial charge on any atom is 0.453 e. The van der Waals surface area contributed by atoms with Crippen LogP contribution >= 0.6 is 0 Å². The van der Waals surface area contributed by atoms with Gasteiger partial charge in [-0.15, -0.1) is 0 Å². The normalized spacial score (nSPS) is 21.9. The van der Waals surface area contributed by atoms with Gasteiger partial charge in [-0.3, -0.25) is 4.79 Å². The molecule has 1 fully saturated rings. The Balaban J connectivity index is 2.48. The number of nitrogens with one attached hydrogen (secondary N) is 1. The van der Waals surface area contributed by atoms with Gasteiger partial charge in [-0.2, -0.15) is 22.0 Å². The summed E-state index contributed by atoms with van der Waals surface area (Å²) in [4.78, 5) is 35.5. The lowest BCUT2D eigenvalue weighted by atomic mass is 9.61. The molecule has 2 atom stereocenters. The van der Waals surface area contributed by atoms with E-state index < -0.39 is 49.6 Å². The molecule has 12 heteroatoms. The molecule has 0 saturated heterocycles. The standard InChI is InChI=1S/C24H36F5NO6/c1-16(2)19(32)35-12-11-34-18(31)7-9-22(5)14-17(13-21(3,4)15-22)30-20(33)36-10-6-8-23(25,26)24(27,28)29/h17H,1,6-15H2,2-5H3,(H,30,33). The molecule has 1 N–H and O–H groups in total. The Kier molecular flexibility index (Phi) is 11.2. The van der Waals surface area contributed by atoms with Crippen molar-refractivity contribution < 1.29 is 50.5 Å². The molecule has 1 aliphatic carbocycles. The van der Waals surface area contributed by atoms with E-state index >= 15 is 0 Å². The topological polar surface area (TPSA) is 90.9 Å². The zero-order valence-corrected chi connectivity index (χ0v) is 21.2. The molecule has 7 nitrogen and oxygen atoms in total. The number of carbonyl (C=O) groups excluding carboxylic acids is 3. The fraction of sp³-hybridized carbons (Fsp3) is 0.792. The van der Waals surface area contributed by atoms with Gasteiger partial charge in [0.05, 0.1) is 6.61 Å². The second-order valence-corrected chi connectivity index (χ2v) is 10.5. The van der Waals surface area contributed by atoms with Crippen LogP contribution in [0.25, 0.3) is 0 Å². The lowest BCUT2D eigenvalue weighted by Crippen LogP contribution is -2.47. The van der Waals surface area contributed by atoms with Crippen LogP contribution in [0.3, 0.4) is 0 Å². The van der Waals surface area contributed by atoms with Gasteiger partial charge in [-0.1, -0.05) is 27.4 Å². The maximum absolute atomic E-state index is 12.9. The molecule has 0 bridgehead atoms. The Hall–Kier alpha value is -2.40. The maximum atomic E-state index is 12.9. The minimum Gasteiger partial charge on any atom is -0.462 e. The van der Waals surface area contributed by atoms with E-state index in [0.717, 1.165) is 6.42 Å². The Morgan fingerprint density at radius 2 is 1.58 bits per heavy atom. The molecule has 36 heavy (non-hydrogen) atoms. The largest absolute Gasteiger partial charge is 0.462 e. The van der Waals surface area contributed by atoms with Crippen LogP contribution in [-0.2, 0) is 23.8 Å². The van der Waals surface area contributed by atoms with Crippen molar-refractivity contribution in [3.05, 3.63) is 12.2 Å². The number of esters is 2. The molecular weight excluding hydrogens is 493 g/mol. The highest BCUT2D eigenvalue weighted by Crippen LogP contribution is 2.48. The number of ether oxygens (including phenoxy) is 3. The van der Waals surface area contributed by atoms with E-state index in [9.17, 15) is 36.3 Å². The Labute approximate surface area is 208 Å². The van der Waals surface area contributed by atoms with E-state index in [4.69, 9.17) is 14.2 Å². The first-order valence-corrected chi connectivity index (χ1v) is 11.7.